The van der Waals surface area contributed by atoms with Gasteiger partial charge in [-0.25, -0.2) is 8.78 Å². The standard InChI is InChI=1S/C13H9ClF2NO2.Y/c1-2-17-11(4-3-8(14)13(17)19)12-9(15)5-7(18)6-10(12)16;/h3,5-6,18H,2H2,1H3;/q-1;. The fourth-order valence-electron chi connectivity index (χ4n) is 1.80. The van der Waals surface area contributed by atoms with Gasteiger partial charge in [-0.1, -0.05) is 5.69 Å². The predicted octanol–water partition coefficient (Wildman–Crippen LogP) is 2.97. The van der Waals surface area contributed by atoms with Crippen molar-refractivity contribution in [3.63, 3.8) is 0 Å². The Hall–Kier alpha value is -0.776. The van der Waals surface area contributed by atoms with Crippen LogP contribution in [0.5, 0.6) is 5.75 Å². The second kappa shape index (κ2) is 6.79. The first-order valence-corrected chi connectivity index (χ1v) is 5.83. The topological polar surface area (TPSA) is 42.2 Å². The van der Waals surface area contributed by atoms with Crippen LogP contribution in [0.25, 0.3) is 11.3 Å². The summed E-state index contributed by atoms with van der Waals surface area (Å²) in [4.78, 5) is 11.8. The molecule has 0 aliphatic carbocycles. The van der Waals surface area contributed by atoms with E-state index in [1.165, 1.54) is 0 Å². The summed E-state index contributed by atoms with van der Waals surface area (Å²) in [6, 6.07) is 5.29. The Bertz CT molecular complexity index is 680. The van der Waals surface area contributed by atoms with E-state index in [0.29, 0.717) is 0 Å². The fraction of sp³-hybridized carbons (Fsp3) is 0.154. The zero-order valence-electron chi connectivity index (χ0n) is 10.5. The molecule has 1 heterocycles. The Balaban J connectivity index is 0.00000200. The van der Waals surface area contributed by atoms with Crippen molar-refractivity contribution < 1.29 is 46.6 Å². The van der Waals surface area contributed by atoms with Crippen LogP contribution in [0.3, 0.4) is 0 Å². The third kappa shape index (κ3) is 3.10. The second-order valence-corrected chi connectivity index (χ2v) is 4.23. The first kappa shape index (κ1) is 17.3. The van der Waals surface area contributed by atoms with E-state index >= 15 is 0 Å². The second-order valence-electron chi connectivity index (χ2n) is 3.82. The first-order valence-electron chi connectivity index (χ1n) is 5.45. The average Bonchev–Trinajstić information content (AvgIpc) is 2.32. The van der Waals surface area contributed by atoms with E-state index in [1.807, 2.05) is 0 Å². The van der Waals surface area contributed by atoms with E-state index in [1.54, 1.807) is 6.92 Å². The Labute approximate surface area is 144 Å². The van der Waals surface area contributed by atoms with E-state index in [-0.39, 0.29) is 50.0 Å². The monoisotopic (exact) mass is 373 g/mol. The average molecular weight is 374 g/mol. The van der Waals surface area contributed by atoms with Crippen LogP contribution in [0, 0.1) is 17.7 Å². The molecule has 7 heteroatoms. The third-order valence-corrected chi connectivity index (χ3v) is 2.91. The van der Waals surface area contributed by atoms with Gasteiger partial charge in [0.15, 0.2) is 0 Å². The van der Waals surface area contributed by atoms with Crippen molar-refractivity contribution in [1.29, 1.82) is 0 Å². The molecule has 0 spiro atoms. The molecule has 1 radical (unpaired) electrons. The summed E-state index contributed by atoms with van der Waals surface area (Å²) in [5, 5.41) is 9.03. The molecule has 2 aromatic rings. The maximum absolute atomic E-state index is 13.8. The molecule has 0 atom stereocenters. The number of benzene rings is 1. The van der Waals surface area contributed by atoms with E-state index in [2.05, 4.69) is 6.07 Å². The zero-order chi connectivity index (χ0) is 14.2. The summed E-state index contributed by atoms with van der Waals surface area (Å²) < 4.78 is 28.7. The molecule has 1 N–H and O–H groups in total. The van der Waals surface area contributed by atoms with Crippen molar-refractivity contribution in [2.24, 2.45) is 0 Å². The van der Waals surface area contributed by atoms with Gasteiger partial charge >= 0.3 is 0 Å². The van der Waals surface area contributed by atoms with Gasteiger partial charge in [-0.2, -0.15) is 23.7 Å². The number of aromatic nitrogens is 1. The van der Waals surface area contributed by atoms with Crippen LogP contribution in [0.15, 0.2) is 23.0 Å². The summed E-state index contributed by atoms with van der Waals surface area (Å²) in [6.07, 6.45) is 0. The summed E-state index contributed by atoms with van der Waals surface area (Å²) in [7, 11) is 0. The molecule has 0 amide bonds. The van der Waals surface area contributed by atoms with Gasteiger partial charge in [0.05, 0.1) is 11.6 Å². The maximum atomic E-state index is 13.8. The van der Waals surface area contributed by atoms with Gasteiger partial charge in [0.25, 0.3) is 0 Å². The molecule has 103 valence electrons. The van der Waals surface area contributed by atoms with Crippen LogP contribution in [-0.2, 0) is 39.3 Å². The van der Waals surface area contributed by atoms with Crippen LogP contribution >= 0.6 is 11.6 Å². The SMILES string of the molecule is CCn1c(-c2c(F)cc(O)cc2F)[c-]cc(Cl)c1=O.[Y]. The van der Waals surface area contributed by atoms with Crippen molar-refractivity contribution in [2.75, 3.05) is 0 Å². The maximum Gasteiger partial charge on any atom is 0.212 e. The van der Waals surface area contributed by atoms with Gasteiger partial charge in [0, 0.05) is 56.4 Å². The van der Waals surface area contributed by atoms with E-state index < -0.39 is 28.5 Å². The van der Waals surface area contributed by atoms with Crippen molar-refractivity contribution in [2.45, 2.75) is 13.5 Å². The Morgan fingerprint density at radius 3 is 2.40 bits per heavy atom. The fourth-order valence-corrected chi connectivity index (χ4v) is 1.95. The summed E-state index contributed by atoms with van der Waals surface area (Å²) >= 11 is 5.66. The molecule has 1 aromatic heterocycles. The zero-order valence-corrected chi connectivity index (χ0v) is 14.0. The summed E-state index contributed by atoms with van der Waals surface area (Å²) in [5.74, 6) is -2.48. The van der Waals surface area contributed by atoms with Gasteiger partial charge in [0.1, 0.15) is 5.75 Å². The van der Waals surface area contributed by atoms with Crippen molar-refractivity contribution in [3.05, 3.63) is 51.3 Å². The van der Waals surface area contributed by atoms with Crippen LogP contribution in [0.4, 0.5) is 8.78 Å². The van der Waals surface area contributed by atoms with Crippen LogP contribution in [0.2, 0.25) is 5.02 Å². The Morgan fingerprint density at radius 2 is 1.90 bits per heavy atom. The van der Waals surface area contributed by atoms with Gasteiger partial charge in [-0.15, -0.1) is 0 Å². The number of phenols is 1. The molecule has 0 bridgehead atoms. The van der Waals surface area contributed by atoms with E-state index in [4.69, 9.17) is 16.7 Å². The number of pyridine rings is 1. The van der Waals surface area contributed by atoms with Crippen LogP contribution in [-0.4, -0.2) is 9.67 Å². The molecule has 0 saturated carbocycles. The minimum atomic E-state index is -0.974. The minimum Gasteiger partial charge on any atom is -0.508 e. The van der Waals surface area contributed by atoms with Gasteiger partial charge in [0.2, 0.25) is 5.56 Å². The number of aromatic hydroxyl groups is 1. The summed E-state index contributed by atoms with van der Waals surface area (Å²) in [6.45, 7) is 1.83. The van der Waals surface area contributed by atoms with Gasteiger partial charge < -0.3 is 9.67 Å². The normalized spacial score (nSPS) is 10.2. The number of nitrogens with zero attached hydrogens (tertiary/aromatic N) is 1. The van der Waals surface area contributed by atoms with Crippen molar-refractivity contribution >= 4 is 11.6 Å². The van der Waals surface area contributed by atoms with Gasteiger partial charge in [-0.3, -0.25) is 4.79 Å². The number of hydrogen-bond acceptors (Lipinski definition) is 2. The molecule has 2 rings (SSSR count). The first-order chi connectivity index (χ1) is 8.95. The molecular weight excluding hydrogens is 365 g/mol. The molecule has 0 saturated heterocycles. The largest absolute Gasteiger partial charge is 0.508 e. The number of phenolic OH excluding ortho intramolecular Hbond substituents is 1. The van der Waals surface area contributed by atoms with E-state index in [9.17, 15) is 13.6 Å². The molecular formula is C13H9ClF2NO2Y-. The minimum absolute atomic E-state index is 0. The number of rotatable bonds is 2. The number of halogens is 3. The molecule has 0 fully saturated rings. The molecule has 1 aromatic carbocycles. The van der Waals surface area contributed by atoms with Crippen LogP contribution < -0.4 is 5.56 Å². The van der Waals surface area contributed by atoms with Crippen molar-refractivity contribution in [3.8, 4) is 17.0 Å². The third-order valence-electron chi connectivity index (χ3n) is 2.63. The molecule has 0 aliphatic rings. The molecule has 0 aliphatic heterocycles. The molecule has 3 nitrogen and oxygen atoms in total. The van der Waals surface area contributed by atoms with Crippen LogP contribution in [0.1, 0.15) is 6.92 Å². The van der Waals surface area contributed by atoms with E-state index in [0.717, 1.165) is 22.8 Å². The molecule has 20 heavy (non-hydrogen) atoms. The smallest absolute Gasteiger partial charge is 0.212 e. The molecule has 0 unspecified atom stereocenters. The predicted molar refractivity (Wildman–Crippen MR) is 67.2 cm³/mol. The summed E-state index contributed by atoms with van der Waals surface area (Å²) in [5.41, 5.74) is -1.02. The quantitative estimate of drug-likeness (QED) is 0.823. The van der Waals surface area contributed by atoms with Gasteiger partial charge in [-0.05, 0) is 12.5 Å². The Morgan fingerprint density at radius 1 is 1.35 bits per heavy atom. The Kier molecular flexibility index (Phi) is 5.86. The van der Waals surface area contributed by atoms with Crippen molar-refractivity contribution in [1.82, 2.24) is 4.57 Å². The number of hydrogen-bond donors (Lipinski definition) is 1.